The molecule has 0 fully saturated rings. The van der Waals surface area contributed by atoms with Crippen LogP contribution in [0.3, 0.4) is 0 Å². The molecule has 5 nitrogen and oxygen atoms in total. The molecule has 0 amide bonds. The average Bonchev–Trinajstić information content (AvgIpc) is 3.94. The van der Waals surface area contributed by atoms with Crippen molar-refractivity contribution in [2.24, 2.45) is 0 Å². The molecular weight excluding hydrogens is 615 g/mol. The maximum absolute atomic E-state index is 5.87. The zero-order valence-corrected chi connectivity index (χ0v) is 26.7. The lowest BCUT2D eigenvalue weighted by Gasteiger charge is -2.11. The second-order valence-electron chi connectivity index (χ2n) is 12.8. The quantitative estimate of drug-likeness (QED) is 0.192. The molecule has 5 aromatic heterocycles. The topological polar surface area (TPSA) is 49.0 Å². The number of benzene rings is 6. The smallest absolute Gasteiger partial charge is 0.298 e. The summed E-state index contributed by atoms with van der Waals surface area (Å²) in [7, 11) is 0. The Bertz CT molecular complexity index is 3060. The first-order valence-corrected chi connectivity index (χ1v) is 16.8. The van der Waals surface area contributed by atoms with Crippen molar-refractivity contribution < 1.29 is 8.83 Å². The van der Waals surface area contributed by atoms with E-state index in [0.29, 0.717) is 5.78 Å². The minimum absolute atomic E-state index is 0.555. The lowest BCUT2D eigenvalue weighted by atomic mass is 10.00. The molecule has 0 unspecified atom stereocenters. The van der Waals surface area contributed by atoms with Crippen LogP contribution >= 0.6 is 0 Å². The van der Waals surface area contributed by atoms with E-state index in [4.69, 9.17) is 13.8 Å². The molecule has 5 heteroatoms. The number of hydrogen-bond acceptors (Lipinski definition) is 3. The van der Waals surface area contributed by atoms with Gasteiger partial charge in [-0.05, 0) is 83.9 Å². The van der Waals surface area contributed by atoms with E-state index in [9.17, 15) is 0 Å². The monoisotopic (exact) mass is 641 g/mol. The van der Waals surface area contributed by atoms with E-state index < -0.39 is 0 Å². The van der Waals surface area contributed by atoms with Gasteiger partial charge in [-0.15, -0.1) is 0 Å². The van der Waals surface area contributed by atoms with Crippen LogP contribution in [0.25, 0.3) is 99.6 Å². The molecule has 234 valence electrons. The largest absolute Gasteiger partial charge is 0.433 e. The number of para-hydroxylation sites is 3. The van der Waals surface area contributed by atoms with E-state index in [-0.39, 0.29) is 0 Å². The van der Waals surface area contributed by atoms with Crippen LogP contribution in [0, 0.1) is 0 Å². The van der Waals surface area contributed by atoms with E-state index in [1.54, 1.807) is 6.26 Å². The van der Waals surface area contributed by atoms with Crippen LogP contribution in [-0.4, -0.2) is 14.1 Å². The van der Waals surface area contributed by atoms with Crippen molar-refractivity contribution in [1.82, 2.24) is 14.1 Å². The molecule has 0 aliphatic rings. The fourth-order valence-corrected chi connectivity index (χ4v) is 7.80. The minimum Gasteiger partial charge on any atom is -0.433 e. The van der Waals surface area contributed by atoms with Gasteiger partial charge < -0.3 is 13.4 Å². The third kappa shape index (κ3) is 3.92. The molecule has 0 saturated heterocycles. The second-order valence-corrected chi connectivity index (χ2v) is 12.8. The molecule has 0 N–H and O–H groups in total. The molecule has 6 aromatic carbocycles. The van der Waals surface area contributed by atoms with Gasteiger partial charge in [0.25, 0.3) is 5.78 Å². The summed E-state index contributed by atoms with van der Waals surface area (Å²) in [6.07, 6.45) is 1.67. The van der Waals surface area contributed by atoms with Gasteiger partial charge in [-0.3, -0.25) is 4.57 Å². The van der Waals surface area contributed by atoms with Gasteiger partial charge >= 0.3 is 0 Å². The predicted octanol–water partition coefficient (Wildman–Crippen LogP) is 12.1. The van der Waals surface area contributed by atoms with Crippen molar-refractivity contribution in [2.75, 3.05) is 0 Å². The van der Waals surface area contributed by atoms with Crippen molar-refractivity contribution in [3.05, 3.63) is 164 Å². The van der Waals surface area contributed by atoms with Gasteiger partial charge in [-0.25, -0.2) is 4.98 Å². The summed E-state index contributed by atoms with van der Waals surface area (Å²) in [5.41, 5.74) is 10.8. The number of furan rings is 2. The Kier molecular flexibility index (Phi) is 5.60. The Morgan fingerprint density at radius 1 is 0.420 bits per heavy atom. The van der Waals surface area contributed by atoms with Gasteiger partial charge in [-0.2, -0.15) is 0 Å². The number of aromatic nitrogens is 3. The highest BCUT2D eigenvalue weighted by molar-refractivity contribution is 6.12. The van der Waals surface area contributed by atoms with Crippen molar-refractivity contribution in [2.45, 2.75) is 0 Å². The van der Waals surface area contributed by atoms with Crippen molar-refractivity contribution in [1.29, 1.82) is 0 Å². The Hall–Kier alpha value is -6.85. The zero-order valence-electron chi connectivity index (χ0n) is 26.7. The Morgan fingerprint density at radius 3 is 1.88 bits per heavy atom. The Morgan fingerprint density at radius 2 is 1.08 bits per heavy atom. The highest BCUT2D eigenvalue weighted by Gasteiger charge is 2.17. The number of nitrogens with zero attached hydrogens (tertiary/aromatic N) is 3. The van der Waals surface area contributed by atoms with Gasteiger partial charge in [0, 0.05) is 38.2 Å². The summed E-state index contributed by atoms with van der Waals surface area (Å²) in [5.74, 6) is 1.44. The minimum atomic E-state index is 0.555. The fourth-order valence-electron chi connectivity index (χ4n) is 7.80. The number of pyridine rings is 1. The molecule has 0 aliphatic heterocycles. The van der Waals surface area contributed by atoms with Crippen molar-refractivity contribution in [3.8, 4) is 33.9 Å². The zero-order chi connectivity index (χ0) is 32.8. The summed E-state index contributed by atoms with van der Waals surface area (Å²) in [6, 6.07) is 55.9. The molecule has 11 aromatic rings. The van der Waals surface area contributed by atoms with Crippen LogP contribution in [0.4, 0.5) is 0 Å². The van der Waals surface area contributed by atoms with E-state index >= 15 is 0 Å². The lowest BCUT2D eigenvalue weighted by Crippen LogP contribution is -1.99. The standard InChI is InChI=1S/C45H27N3O2/c1-4-15-39-32(11-1)33-12-2-5-16-40(33)47(39)31-20-21-42-36(27-31)34-13-3-6-17-41(34)48(42)44-18-8-14-38(46-44)30-10-7-9-28(25-30)29-19-22-43-37(26-29)35-23-24-49-45(35)50-43/h1-27H. The number of hydrogen-bond donors (Lipinski definition) is 0. The first kappa shape index (κ1) is 27.1. The highest BCUT2D eigenvalue weighted by Crippen LogP contribution is 2.38. The average molecular weight is 642 g/mol. The molecule has 0 bridgehead atoms. The third-order valence-corrected chi connectivity index (χ3v) is 10.1. The lowest BCUT2D eigenvalue weighted by molar-refractivity contribution is 0.499. The molecule has 11 rings (SSSR count). The Balaban J connectivity index is 1.05. The van der Waals surface area contributed by atoms with E-state index in [0.717, 1.165) is 61.3 Å². The summed E-state index contributed by atoms with van der Waals surface area (Å²) in [6.45, 7) is 0. The van der Waals surface area contributed by atoms with E-state index in [2.05, 4.69) is 155 Å². The van der Waals surface area contributed by atoms with Crippen LogP contribution in [0.2, 0.25) is 0 Å². The molecule has 0 spiro atoms. The predicted molar refractivity (Wildman–Crippen MR) is 203 cm³/mol. The SMILES string of the molecule is c1cc(-c2ccc3oc4occc4c3c2)cc(-c2cccc(-n3c4ccccc4c4cc(-n5c6ccccc6c6ccccc65)ccc43)n2)c1. The summed E-state index contributed by atoms with van der Waals surface area (Å²) < 4.78 is 16.0. The third-order valence-electron chi connectivity index (χ3n) is 10.1. The first-order chi connectivity index (χ1) is 24.8. The van der Waals surface area contributed by atoms with Crippen LogP contribution in [-0.2, 0) is 0 Å². The normalized spacial score (nSPS) is 12.0. The van der Waals surface area contributed by atoms with Gasteiger partial charge in [0.15, 0.2) is 0 Å². The molecule has 5 heterocycles. The molecular formula is C45H27N3O2. The van der Waals surface area contributed by atoms with E-state index in [1.807, 2.05) is 12.1 Å². The van der Waals surface area contributed by atoms with Crippen molar-refractivity contribution >= 4 is 65.7 Å². The maximum Gasteiger partial charge on any atom is 0.298 e. The molecule has 0 aliphatic carbocycles. The summed E-state index contributed by atoms with van der Waals surface area (Å²) in [5, 5.41) is 6.93. The summed E-state index contributed by atoms with van der Waals surface area (Å²) >= 11 is 0. The molecule has 0 radical (unpaired) electrons. The number of fused-ring (bicyclic) bond motifs is 9. The Labute approximate surface area is 285 Å². The van der Waals surface area contributed by atoms with Crippen LogP contribution in [0.15, 0.2) is 173 Å². The van der Waals surface area contributed by atoms with Crippen LogP contribution in [0.5, 0.6) is 0 Å². The fraction of sp³-hybridized carbons (Fsp3) is 0. The molecule has 50 heavy (non-hydrogen) atoms. The van der Waals surface area contributed by atoms with Gasteiger partial charge in [0.05, 0.1) is 39.4 Å². The van der Waals surface area contributed by atoms with Gasteiger partial charge in [-0.1, -0.05) is 84.9 Å². The van der Waals surface area contributed by atoms with Crippen LogP contribution in [0.1, 0.15) is 0 Å². The van der Waals surface area contributed by atoms with Crippen molar-refractivity contribution in [3.63, 3.8) is 0 Å². The molecule has 0 saturated carbocycles. The second kappa shape index (κ2) is 10.3. The summed E-state index contributed by atoms with van der Waals surface area (Å²) in [4.78, 5) is 5.28. The van der Waals surface area contributed by atoms with Gasteiger partial charge in [0.2, 0.25) is 0 Å². The molecule has 0 atom stereocenters. The first-order valence-electron chi connectivity index (χ1n) is 16.8. The highest BCUT2D eigenvalue weighted by atomic mass is 16.5. The van der Waals surface area contributed by atoms with Crippen LogP contribution < -0.4 is 0 Å². The van der Waals surface area contributed by atoms with E-state index in [1.165, 1.54) is 32.6 Å². The van der Waals surface area contributed by atoms with Gasteiger partial charge in [0.1, 0.15) is 11.4 Å². The maximum atomic E-state index is 5.87. The number of rotatable bonds is 4.